The predicted octanol–water partition coefficient (Wildman–Crippen LogP) is 4.72. The van der Waals surface area contributed by atoms with Crippen LogP contribution in [0, 0.1) is 24.7 Å². The molecule has 0 aliphatic heterocycles. The Kier molecular flexibility index (Phi) is 3.27. The van der Waals surface area contributed by atoms with Crippen LogP contribution in [0.15, 0.2) is 18.2 Å². The van der Waals surface area contributed by atoms with Gasteiger partial charge in [0.1, 0.15) is 5.75 Å². The Morgan fingerprint density at radius 3 is 2.28 bits per heavy atom. The minimum atomic E-state index is 0.125. The zero-order valence-corrected chi connectivity index (χ0v) is 11.9. The lowest BCUT2D eigenvalue weighted by Crippen LogP contribution is -2.14. The van der Waals surface area contributed by atoms with Gasteiger partial charge in [0.2, 0.25) is 0 Å². The maximum atomic E-state index is 6.82. The summed E-state index contributed by atoms with van der Waals surface area (Å²) in [4.78, 5) is 0. The summed E-state index contributed by atoms with van der Waals surface area (Å²) < 4.78 is 5.49. The van der Waals surface area contributed by atoms with Crippen molar-refractivity contribution in [2.45, 2.75) is 38.0 Å². The van der Waals surface area contributed by atoms with Crippen molar-refractivity contribution in [2.75, 3.05) is 7.11 Å². The van der Waals surface area contributed by atoms with E-state index in [-0.39, 0.29) is 5.38 Å². The van der Waals surface area contributed by atoms with Crippen LogP contribution in [0.25, 0.3) is 0 Å². The number of ether oxygens (including phenoxy) is 1. The Morgan fingerprint density at radius 2 is 1.78 bits per heavy atom. The molecule has 1 aromatic rings. The average Bonchev–Trinajstić information content (AvgIpc) is 3.23. The van der Waals surface area contributed by atoms with Gasteiger partial charge in [0.25, 0.3) is 0 Å². The van der Waals surface area contributed by atoms with Crippen LogP contribution in [-0.2, 0) is 0 Å². The highest BCUT2D eigenvalue weighted by Crippen LogP contribution is 2.56. The van der Waals surface area contributed by atoms with Gasteiger partial charge in [0, 0.05) is 5.56 Å². The molecule has 0 heterocycles. The van der Waals surface area contributed by atoms with E-state index < -0.39 is 0 Å². The smallest absolute Gasteiger partial charge is 0.123 e. The van der Waals surface area contributed by atoms with E-state index >= 15 is 0 Å². The molecule has 0 saturated heterocycles. The Morgan fingerprint density at radius 1 is 1.17 bits per heavy atom. The summed E-state index contributed by atoms with van der Waals surface area (Å²) in [5.41, 5.74) is 2.46. The molecule has 3 rings (SSSR count). The molecule has 0 spiro atoms. The van der Waals surface area contributed by atoms with Crippen molar-refractivity contribution in [3.05, 3.63) is 29.3 Å². The van der Waals surface area contributed by atoms with Crippen molar-refractivity contribution >= 4 is 11.6 Å². The lowest BCUT2D eigenvalue weighted by atomic mass is 9.89. The first kappa shape index (κ1) is 12.3. The third kappa shape index (κ3) is 2.38. The minimum absolute atomic E-state index is 0.125. The molecule has 0 amide bonds. The van der Waals surface area contributed by atoms with Crippen molar-refractivity contribution in [2.24, 2.45) is 17.8 Å². The second kappa shape index (κ2) is 4.77. The van der Waals surface area contributed by atoms with Gasteiger partial charge in [-0.05, 0) is 56.4 Å². The number of aryl methyl sites for hydroxylation is 1. The van der Waals surface area contributed by atoms with Gasteiger partial charge in [-0.15, -0.1) is 11.6 Å². The Balaban J connectivity index is 1.89. The molecule has 1 aromatic carbocycles. The molecule has 2 aliphatic carbocycles. The Bertz CT molecular complexity index is 423. The quantitative estimate of drug-likeness (QED) is 0.699. The van der Waals surface area contributed by atoms with Crippen LogP contribution in [0.4, 0.5) is 0 Å². The van der Waals surface area contributed by atoms with Crippen molar-refractivity contribution in [1.29, 1.82) is 0 Å². The van der Waals surface area contributed by atoms with E-state index in [1.807, 2.05) is 0 Å². The van der Waals surface area contributed by atoms with Crippen molar-refractivity contribution in [3.8, 4) is 5.75 Å². The lowest BCUT2D eigenvalue weighted by Gasteiger charge is -2.24. The summed E-state index contributed by atoms with van der Waals surface area (Å²) in [6.07, 6.45) is 5.49. The highest BCUT2D eigenvalue weighted by Gasteiger charge is 2.45. The first-order valence-electron chi connectivity index (χ1n) is 6.99. The zero-order valence-electron chi connectivity index (χ0n) is 11.2. The highest BCUT2D eigenvalue weighted by molar-refractivity contribution is 6.21. The van der Waals surface area contributed by atoms with E-state index in [4.69, 9.17) is 16.3 Å². The molecule has 0 aromatic heterocycles. The van der Waals surface area contributed by atoms with Crippen LogP contribution < -0.4 is 4.74 Å². The molecule has 0 N–H and O–H groups in total. The molecule has 2 aliphatic rings. The van der Waals surface area contributed by atoms with E-state index in [1.165, 1.54) is 36.8 Å². The third-order valence-corrected chi connectivity index (χ3v) is 4.88. The monoisotopic (exact) mass is 264 g/mol. The van der Waals surface area contributed by atoms with E-state index in [0.29, 0.717) is 5.92 Å². The Hall–Kier alpha value is -0.690. The van der Waals surface area contributed by atoms with E-state index in [9.17, 15) is 0 Å². The van der Waals surface area contributed by atoms with Gasteiger partial charge in [0.05, 0.1) is 12.5 Å². The fraction of sp³-hybridized carbons (Fsp3) is 0.625. The predicted molar refractivity (Wildman–Crippen MR) is 75.3 cm³/mol. The lowest BCUT2D eigenvalue weighted by molar-refractivity contribution is 0.370. The van der Waals surface area contributed by atoms with Gasteiger partial charge in [-0.1, -0.05) is 17.7 Å². The highest BCUT2D eigenvalue weighted by atomic mass is 35.5. The number of rotatable bonds is 5. The molecule has 1 unspecified atom stereocenters. The van der Waals surface area contributed by atoms with Crippen LogP contribution in [-0.4, -0.2) is 7.11 Å². The summed E-state index contributed by atoms with van der Waals surface area (Å²) in [5, 5.41) is 0.125. The fourth-order valence-corrected chi connectivity index (χ4v) is 3.68. The molecule has 1 atom stereocenters. The fourth-order valence-electron chi connectivity index (χ4n) is 3.10. The number of methoxy groups -OCH3 is 1. The van der Waals surface area contributed by atoms with Gasteiger partial charge in [-0.2, -0.15) is 0 Å². The van der Waals surface area contributed by atoms with Gasteiger partial charge in [-0.25, -0.2) is 0 Å². The maximum Gasteiger partial charge on any atom is 0.123 e. The largest absolute Gasteiger partial charge is 0.496 e. The van der Waals surface area contributed by atoms with Crippen LogP contribution in [0.2, 0.25) is 0 Å². The number of alkyl halides is 1. The van der Waals surface area contributed by atoms with Gasteiger partial charge in [0.15, 0.2) is 0 Å². The zero-order chi connectivity index (χ0) is 12.7. The molecule has 18 heavy (non-hydrogen) atoms. The molecule has 2 heteroatoms. The number of benzene rings is 1. The molecular weight excluding hydrogens is 244 g/mol. The maximum absolute atomic E-state index is 6.82. The first-order valence-corrected chi connectivity index (χ1v) is 7.43. The number of hydrogen-bond donors (Lipinski definition) is 0. The van der Waals surface area contributed by atoms with E-state index in [0.717, 1.165) is 17.6 Å². The third-order valence-electron chi connectivity index (χ3n) is 4.35. The molecule has 2 saturated carbocycles. The van der Waals surface area contributed by atoms with E-state index in [2.05, 4.69) is 25.1 Å². The van der Waals surface area contributed by atoms with E-state index in [1.54, 1.807) is 7.11 Å². The van der Waals surface area contributed by atoms with Crippen molar-refractivity contribution < 1.29 is 4.74 Å². The molecule has 0 radical (unpaired) electrons. The van der Waals surface area contributed by atoms with Crippen molar-refractivity contribution in [3.63, 3.8) is 0 Å². The number of halogens is 1. The molecule has 0 bridgehead atoms. The minimum Gasteiger partial charge on any atom is -0.496 e. The van der Waals surface area contributed by atoms with Crippen LogP contribution in [0.1, 0.15) is 42.2 Å². The molecule has 2 fully saturated rings. The topological polar surface area (TPSA) is 9.23 Å². The average molecular weight is 265 g/mol. The summed E-state index contributed by atoms with van der Waals surface area (Å²) in [5.74, 6) is 3.35. The molecule has 98 valence electrons. The second-order valence-corrected chi connectivity index (χ2v) is 6.37. The summed E-state index contributed by atoms with van der Waals surface area (Å²) in [6.45, 7) is 2.12. The van der Waals surface area contributed by atoms with Crippen LogP contribution >= 0.6 is 11.6 Å². The standard InChI is InChI=1S/C16H21ClO/c1-10-3-8-14(18-2)13(9-10)16(17)15(11-4-5-11)12-6-7-12/h3,8-9,11-12,15-16H,4-7H2,1-2H3. The second-order valence-electron chi connectivity index (χ2n) is 5.90. The van der Waals surface area contributed by atoms with Crippen LogP contribution in [0.3, 0.4) is 0 Å². The summed E-state index contributed by atoms with van der Waals surface area (Å²) in [7, 11) is 1.74. The van der Waals surface area contributed by atoms with Crippen molar-refractivity contribution in [1.82, 2.24) is 0 Å². The molecular formula is C16H21ClO. The molecule has 1 nitrogen and oxygen atoms in total. The summed E-state index contributed by atoms with van der Waals surface area (Å²) >= 11 is 6.82. The summed E-state index contributed by atoms with van der Waals surface area (Å²) in [6, 6.07) is 6.35. The van der Waals surface area contributed by atoms with Gasteiger partial charge in [-0.3, -0.25) is 0 Å². The Labute approximate surface area is 114 Å². The first-order chi connectivity index (χ1) is 8.70. The van der Waals surface area contributed by atoms with Gasteiger partial charge < -0.3 is 4.74 Å². The van der Waals surface area contributed by atoms with Crippen LogP contribution in [0.5, 0.6) is 5.75 Å². The SMILES string of the molecule is COc1ccc(C)cc1C(Cl)C(C1CC1)C1CC1. The number of hydrogen-bond acceptors (Lipinski definition) is 1. The van der Waals surface area contributed by atoms with Gasteiger partial charge >= 0.3 is 0 Å². The normalized spacial score (nSPS) is 21.1.